The van der Waals surface area contributed by atoms with Crippen LogP contribution in [0, 0.1) is 0 Å². The second-order valence-corrected chi connectivity index (χ2v) is 16.4. The van der Waals surface area contributed by atoms with Gasteiger partial charge < -0.3 is 4.57 Å². The first-order valence-electron chi connectivity index (χ1n) is 15.2. The lowest BCUT2D eigenvalue weighted by Gasteiger charge is -2.20. The third-order valence-electron chi connectivity index (χ3n) is 8.83. The van der Waals surface area contributed by atoms with E-state index in [2.05, 4.69) is 77.8 Å². The quantitative estimate of drug-likeness (QED) is 0.175. The summed E-state index contributed by atoms with van der Waals surface area (Å²) in [6.07, 6.45) is 1.87. The van der Waals surface area contributed by atoms with Crippen molar-refractivity contribution >= 4 is 86.2 Å². The zero-order valence-electron chi connectivity index (χ0n) is 24.6. The summed E-state index contributed by atoms with van der Waals surface area (Å²) in [6, 6.07) is 52.5. The molecular formula is C41H26NOPS2. The van der Waals surface area contributed by atoms with Gasteiger partial charge >= 0.3 is 0 Å². The molecule has 0 N–H and O–H groups in total. The molecule has 2 nitrogen and oxygen atoms in total. The van der Waals surface area contributed by atoms with Gasteiger partial charge in [0.1, 0.15) is 4.83 Å². The van der Waals surface area contributed by atoms with Crippen molar-refractivity contribution in [2.75, 3.05) is 0 Å². The average Bonchev–Trinajstić information content (AvgIpc) is 3.69. The Kier molecular flexibility index (Phi) is 6.50. The molecule has 5 heteroatoms. The monoisotopic (exact) mass is 643 g/mol. The highest BCUT2D eigenvalue weighted by molar-refractivity contribution is 7.85. The number of thiophene rings is 2. The molecule has 9 rings (SSSR count). The Morgan fingerprint density at radius 3 is 1.50 bits per heavy atom. The van der Waals surface area contributed by atoms with E-state index >= 15 is 4.57 Å². The highest BCUT2D eigenvalue weighted by Gasteiger charge is 2.29. The second-order valence-electron chi connectivity index (χ2n) is 11.5. The van der Waals surface area contributed by atoms with Crippen molar-refractivity contribution in [3.63, 3.8) is 0 Å². The number of nitrogens with zero attached hydrogens (tertiary/aromatic N) is 1. The topological polar surface area (TPSA) is 30.0 Å². The summed E-state index contributed by atoms with van der Waals surface area (Å²) in [4.78, 5) is 5.65. The summed E-state index contributed by atoms with van der Waals surface area (Å²) in [5, 5.41) is 7.49. The predicted octanol–water partition coefficient (Wildman–Crippen LogP) is 10.8. The molecule has 0 aliphatic heterocycles. The maximum atomic E-state index is 15.1. The molecule has 3 aromatic heterocycles. The average molecular weight is 644 g/mol. The second kappa shape index (κ2) is 10.9. The molecule has 0 aliphatic rings. The zero-order valence-corrected chi connectivity index (χ0v) is 27.2. The van der Waals surface area contributed by atoms with E-state index in [0.29, 0.717) is 0 Å². The maximum absolute atomic E-state index is 15.1. The van der Waals surface area contributed by atoms with E-state index in [1.165, 1.54) is 46.8 Å². The number of benzene rings is 6. The summed E-state index contributed by atoms with van der Waals surface area (Å²) in [5.41, 5.74) is 4.59. The van der Waals surface area contributed by atoms with E-state index in [1.54, 1.807) is 11.3 Å². The summed E-state index contributed by atoms with van der Waals surface area (Å²) in [7, 11) is -3.07. The van der Waals surface area contributed by atoms with E-state index < -0.39 is 7.14 Å². The number of rotatable bonds is 5. The first kappa shape index (κ1) is 27.5. The Bertz CT molecular complexity index is 2580. The van der Waals surface area contributed by atoms with Crippen LogP contribution in [0.2, 0.25) is 0 Å². The molecule has 0 aliphatic carbocycles. The summed E-state index contributed by atoms with van der Waals surface area (Å²) < 4.78 is 18.8. The minimum Gasteiger partial charge on any atom is -0.309 e. The van der Waals surface area contributed by atoms with Gasteiger partial charge in [0.25, 0.3) is 0 Å². The van der Waals surface area contributed by atoms with Crippen LogP contribution in [-0.2, 0) is 4.57 Å². The van der Waals surface area contributed by atoms with Crippen molar-refractivity contribution in [1.82, 2.24) is 4.98 Å². The van der Waals surface area contributed by atoms with Crippen LogP contribution in [0.3, 0.4) is 0 Å². The number of hydrogen-bond acceptors (Lipinski definition) is 4. The Balaban J connectivity index is 1.16. The molecule has 0 saturated heterocycles. The fourth-order valence-corrected chi connectivity index (χ4v) is 11.3. The molecule has 0 amide bonds. The van der Waals surface area contributed by atoms with E-state index in [4.69, 9.17) is 0 Å². The molecule has 6 aromatic carbocycles. The van der Waals surface area contributed by atoms with Gasteiger partial charge in [-0.3, -0.25) is 0 Å². The van der Waals surface area contributed by atoms with Gasteiger partial charge in [0.05, 0.1) is 0 Å². The molecule has 218 valence electrons. The van der Waals surface area contributed by atoms with Gasteiger partial charge in [0, 0.05) is 57.8 Å². The first-order valence-corrected chi connectivity index (χ1v) is 18.6. The van der Waals surface area contributed by atoms with Gasteiger partial charge in [-0.1, -0.05) is 97.1 Å². The van der Waals surface area contributed by atoms with Crippen LogP contribution in [-0.4, -0.2) is 4.98 Å². The van der Waals surface area contributed by atoms with Crippen LogP contribution in [0.25, 0.3) is 62.7 Å². The molecule has 0 radical (unpaired) electrons. The van der Waals surface area contributed by atoms with Crippen LogP contribution in [0.15, 0.2) is 158 Å². The molecule has 0 saturated carbocycles. The molecular weight excluding hydrogens is 618 g/mol. The van der Waals surface area contributed by atoms with Crippen molar-refractivity contribution in [2.24, 2.45) is 0 Å². The molecule has 46 heavy (non-hydrogen) atoms. The van der Waals surface area contributed by atoms with E-state index in [0.717, 1.165) is 31.9 Å². The van der Waals surface area contributed by atoms with Gasteiger partial charge in [-0.25, -0.2) is 4.98 Å². The highest BCUT2D eigenvalue weighted by Crippen LogP contribution is 2.44. The Morgan fingerprint density at radius 2 is 0.913 bits per heavy atom. The van der Waals surface area contributed by atoms with Gasteiger partial charge in [-0.15, -0.1) is 22.7 Å². The third kappa shape index (κ3) is 4.45. The third-order valence-corrected chi connectivity index (χ3v) is 14.1. The fourth-order valence-electron chi connectivity index (χ4n) is 6.53. The lowest BCUT2D eigenvalue weighted by molar-refractivity contribution is 0.592. The Morgan fingerprint density at radius 1 is 0.413 bits per heavy atom. The minimum absolute atomic E-state index is 0.839. The number of hydrogen-bond donors (Lipinski definition) is 0. The Labute approximate surface area is 274 Å². The van der Waals surface area contributed by atoms with Crippen molar-refractivity contribution < 1.29 is 4.57 Å². The lowest BCUT2D eigenvalue weighted by Crippen LogP contribution is -2.25. The molecule has 0 fully saturated rings. The fraction of sp³-hybridized carbons (Fsp3) is 0. The van der Waals surface area contributed by atoms with Crippen LogP contribution >= 0.6 is 29.8 Å². The molecule has 0 spiro atoms. The molecule has 3 heterocycles. The molecule has 0 bridgehead atoms. The maximum Gasteiger partial charge on any atom is 0.171 e. The van der Waals surface area contributed by atoms with E-state index in [1.807, 2.05) is 96.4 Å². The highest BCUT2D eigenvalue weighted by atomic mass is 32.1. The van der Waals surface area contributed by atoms with Crippen LogP contribution < -0.4 is 15.9 Å². The number of fused-ring (bicyclic) bond motifs is 6. The normalized spacial score (nSPS) is 12.0. The van der Waals surface area contributed by atoms with E-state index in [9.17, 15) is 0 Å². The number of pyridine rings is 1. The lowest BCUT2D eigenvalue weighted by atomic mass is 9.99. The first-order chi connectivity index (χ1) is 22.6. The summed E-state index contributed by atoms with van der Waals surface area (Å²) >= 11 is 3.57. The largest absolute Gasteiger partial charge is 0.309 e. The van der Waals surface area contributed by atoms with E-state index in [-0.39, 0.29) is 0 Å². The van der Waals surface area contributed by atoms with Crippen LogP contribution in [0.4, 0.5) is 0 Å². The predicted molar refractivity (Wildman–Crippen MR) is 200 cm³/mol. The SMILES string of the molecule is O=P(c1ccccc1)(c1ccccc1)c1cccc(-c2ccc3sc4ccc(-c5ccc6sc7ncccc7c6c5)cc4c3c2)c1. The van der Waals surface area contributed by atoms with Crippen LogP contribution in [0.1, 0.15) is 0 Å². The molecule has 0 atom stereocenters. The van der Waals surface area contributed by atoms with Gasteiger partial charge in [0.15, 0.2) is 7.14 Å². The summed E-state index contributed by atoms with van der Waals surface area (Å²) in [5.74, 6) is 0. The van der Waals surface area contributed by atoms with Gasteiger partial charge in [-0.05, 0) is 76.9 Å². The van der Waals surface area contributed by atoms with Crippen molar-refractivity contribution in [1.29, 1.82) is 0 Å². The van der Waals surface area contributed by atoms with Gasteiger partial charge in [0.2, 0.25) is 0 Å². The van der Waals surface area contributed by atoms with Crippen molar-refractivity contribution in [2.45, 2.75) is 0 Å². The standard InChI is InChI=1S/C41H26NOPS2/c43-44(31-10-3-1-4-11-31,32-12-5-2-6-13-32)33-14-7-9-27(23-33)28-16-19-38-36(25-28)37-26-30(17-20-39(37)45-38)29-18-21-40-35(24-29)34-15-8-22-42-41(34)46-40/h1-26H. The number of aromatic nitrogens is 1. The summed E-state index contributed by atoms with van der Waals surface area (Å²) in [6.45, 7) is 0. The van der Waals surface area contributed by atoms with Crippen molar-refractivity contribution in [3.8, 4) is 22.3 Å². The minimum atomic E-state index is -3.07. The van der Waals surface area contributed by atoms with Crippen LogP contribution in [0.5, 0.6) is 0 Å². The van der Waals surface area contributed by atoms with Crippen molar-refractivity contribution in [3.05, 3.63) is 158 Å². The molecule has 9 aromatic rings. The molecule has 0 unspecified atom stereocenters. The van der Waals surface area contributed by atoms with Gasteiger partial charge in [-0.2, -0.15) is 0 Å². The Hall–Kier alpha value is -4.86. The smallest absolute Gasteiger partial charge is 0.171 e. The zero-order chi connectivity index (χ0) is 30.7.